The third kappa shape index (κ3) is 3.75. The average Bonchev–Trinajstić information content (AvgIpc) is 2.38. The van der Waals surface area contributed by atoms with Gasteiger partial charge in [-0.05, 0) is 31.2 Å². The Bertz CT molecular complexity index is 582. The number of Topliss-reactive ketones (excluding diaryl/α,β-unsaturated/α-hetero) is 1. The predicted octanol–water partition coefficient (Wildman–Crippen LogP) is 3.64. The van der Waals surface area contributed by atoms with Crippen molar-refractivity contribution in [1.82, 2.24) is 0 Å². The van der Waals surface area contributed by atoms with Gasteiger partial charge in [0.05, 0.1) is 16.6 Å². The Kier molecular flexibility index (Phi) is 4.51. The second-order valence-electron chi connectivity index (χ2n) is 4.24. The van der Waals surface area contributed by atoms with E-state index in [2.05, 4.69) is 0 Å². The molecule has 2 nitrogen and oxygen atoms in total. The van der Waals surface area contributed by atoms with Gasteiger partial charge in [0, 0.05) is 15.5 Å². The van der Waals surface area contributed by atoms with E-state index in [9.17, 15) is 9.00 Å². The Morgan fingerprint density at radius 3 is 2.58 bits per heavy atom. The van der Waals surface area contributed by atoms with Gasteiger partial charge in [-0.25, -0.2) is 0 Å². The number of halogens is 1. The van der Waals surface area contributed by atoms with E-state index in [1.807, 2.05) is 19.1 Å². The molecule has 0 fully saturated rings. The van der Waals surface area contributed by atoms with E-state index in [-0.39, 0.29) is 11.5 Å². The van der Waals surface area contributed by atoms with E-state index < -0.39 is 10.8 Å². The highest BCUT2D eigenvalue weighted by Crippen LogP contribution is 2.15. The number of ketones is 1. The Hall–Kier alpha value is -1.45. The Morgan fingerprint density at radius 2 is 1.89 bits per heavy atom. The van der Waals surface area contributed by atoms with E-state index in [0.717, 1.165) is 5.56 Å². The minimum atomic E-state index is -1.36. The van der Waals surface area contributed by atoms with Crippen LogP contribution in [0.3, 0.4) is 0 Å². The molecule has 0 heterocycles. The molecule has 0 aliphatic heterocycles. The molecule has 0 aliphatic carbocycles. The van der Waals surface area contributed by atoms with Crippen LogP contribution < -0.4 is 0 Å². The number of benzene rings is 2. The molecule has 0 aliphatic rings. The first kappa shape index (κ1) is 14.0. The normalized spacial score (nSPS) is 12.1. The summed E-state index contributed by atoms with van der Waals surface area (Å²) in [5.41, 5.74) is 1.61. The Labute approximate surface area is 119 Å². The van der Waals surface area contributed by atoms with Crippen molar-refractivity contribution in [3.05, 3.63) is 64.7 Å². The molecule has 0 spiro atoms. The van der Waals surface area contributed by atoms with Gasteiger partial charge in [-0.1, -0.05) is 41.4 Å². The first-order valence-corrected chi connectivity index (χ1v) is 7.50. The summed E-state index contributed by atoms with van der Waals surface area (Å²) >= 11 is 5.84. The van der Waals surface area contributed by atoms with Crippen molar-refractivity contribution in [2.75, 3.05) is 5.75 Å². The summed E-state index contributed by atoms with van der Waals surface area (Å²) in [5.74, 6) is -0.147. The highest BCUT2D eigenvalue weighted by molar-refractivity contribution is 7.85. The second-order valence-corrected chi connectivity index (χ2v) is 6.13. The number of hydrogen-bond acceptors (Lipinski definition) is 2. The van der Waals surface area contributed by atoms with E-state index in [0.29, 0.717) is 15.5 Å². The molecular weight excluding hydrogens is 280 g/mol. The molecule has 1 atom stereocenters. The lowest BCUT2D eigenvalue weighted by molar-refractivity contribution is 0.102. The molecule has 19 heavy (non-hydrogen) atoms. The second kappa shape index (κ2) is 6.13. The molecule has 1 unspecified atom stereocenters. The van der Waals surface area contributed by atoms with Crippen molar-refractivity contribution >= 4 is 28.2 Å². The van der Waals surface area contributed by atoms with Crippen molar-refractivity contribution < 1.29 is 9.00 Å². The monoisotopic (exact) mass is 292 g/mol. The molecule has 2 aromatic carbocycles. The molecule has 2 aromatic rings. The molecule has 4 heteroatoms. The van der Waals surface area contributed by atoms with Gasteiger partial charge >= 0.3 is 0 Å². The molecule has 2 rings (SSSR count). The van der Waals surface area contributed by atoms with E-state index in [1.54, 1.807) is 36.4 Å². The summed E-state index contributed by atoms with van der Waals surface area (Å²) in [5, 5.41) is 0.522. The van der Waals surface area contributed by atoms with Gasteiger partial charge in [0.15, 0.2) is 5.78 Å². The third-order valence-corrected chi connectivity index (χ3v) is 4.20. The van der Waals surface area contributed by atoms with Gasteiger partial charge < -0.3 is 0 Å². The average molecular weight is 293 g/mol. The minimum absolute atomic E-state index is 0.0240. The predicted molar refractivity (Wildman–Crippen MR) is 78.2 cm³/mol. The summed E-state index contributed by atoms with van der Waals surface area (Å²) in [6, 6.07) is 14.1. The standard InChI is InChI=1S/C15H13ClO2S/c1-11-4-2-5-12(8-11)15(17)10-19(18)14-7-3-6-13(16)9-14/h2-9H,10H2,1H3. The molecule has 0 N–H and O–H groups in total. The summed E-state index contributed by atoms with van der Waals surface area (Å²) in [4.78, 5) is 12.6. The van der Waals surface area contributed by atoms with E-state index in [4.69, 9.17) is 11.6 Å². The van der Waals surface area contributed by atoms with Crippen LogP contribution in [0, 0.1) is 6.92 Å². The van der Waals surface area contributed by atoms with Crippen LogP contribution in [0.2, 0.25) is 5.02 Å². The summed E-state index contributed by atoms with van der Waals surface area (Å²) in [6.45, 7) is 1.92. The van der Waals surface area contributed by atoms with Crippen molar-refractivity contribution in [2.45, 2.75) is 11.8 Å². The maximum Gasteiger partial charge on any atom is 0.175 e. The lowest BCUT2D eigenvalue weighted by atomic mass is 10.1. The van der Waals surface area contributed by atoms with E-state index >= 15 is 0 Å². The summed E-state index contributed by atoms with van der Waals surface area (Å²) in [7, 11) is -1.36. The molecule has 0 bridgehead atoms. The zero-order valence-electron chi connectivity index (χ0n) is 10.4. The van der Waals surface area contributed by atoms with Crippen molar-refractivity contribution in [3.63, 3.8) is 0 Å². The minimum Gasteiger partial charge on any atom is -0.293 e. The maximum absolute atomic E-state index is 12.1. The lowest BCUT2D eigenvalue weighted by Gasteiger charge is -2.03. The van der Waals surface area contributed by atoms with Crippen LogP contribution in [-0.4, -0.2) is 15.7 Å². The zero-order valence-corrected chi connectivity index (χ0v) is 12.0. The van der Waals surface area contributed by atoms with Crippen LogP contribution in [0.15, 0.2) is 53.4 Å². The smallest absolute Gasteiger partial charge is 0.175 e. The molecule has 98 valence electrons. The third-order valence-electron chi connectivity index (χ3n) is 2.66. The molecule has 0 aromatic heterocycles. The number of aryl methyl sites for hydroxylation is 1. The zero-order chi connectivity index (χ0) is 13.8. The van der Waals surface area contributed by atoms with Gasteiger partial charge in [-0.3, -0.25) is 9.00 Å². The fraction of sp³-hybridized carbons (Fsp3) is 0.133. The maximum atomic E-state index is 12.1. The van der Waals surface area contributed by atoms with Crippen molar-refractivity contribution in [3.8, 4) is 0 Å². The SMILES string of the molecule is Cc1cccc(C(=O)CS(=O)c2cccc(Cl)c2)c1. The first-order valence-electron chi connectivity index (χ1n) is 5.80. The lowest BCUT2D eigenvalue weighted by Crippen LogP contribution is -2.11. The number of rotatable bonds is 4. The molecule has 0 saturated heterocycles. The fourth-order valence-electron chi connectivity index (χ4n) is 1.71. The van der Waals surface area contributed by atoms with Gasteiger partial charge in [-0.15, -0.1) is 0 Å². The van der Waals surface area contributed by atoms with Crippen LogP contribution in [-0.2, 0) is 10.8 Å². The number of hydrogen-bond donors (Lipinski definition) is 0. The van der Waals surface area contributed by atoms with Crippen molar-refractivity contribution in [2.24, 2.45) is 0 Å². The number of carbonyl (C=O) groups excluding carboxylic acids is 1. The topological polar surface area (TPSA) is 34.1 Å². The van der Waals surface area contributed by atoms with Crippen LogP contribution in [0.25, 0.3) is 0 Å². The van der Waals surface area contributed by atoms with Gasteiger partial charge in [0.2, 0.25) is 0 Å². The molecular formula is C15H13ClO2S. The highest BCUT2D eigenvalue weighted by Gasteiger charge is 2.12. The fourth-order valence-corrected chi connectivity index (χ4v) is 3.03. The largest absolute Gasteiger partial charge is 0.293 e. The summed E-state index contributed by atoms with van der Waals surface area (Å²) in [6.07, 6.45) is 0. The molecule has 0 amide bonds. The number of carbonyl (C=O) groups is 1. The van der Waals surface area contributed by atoms with Crippen LogP contribution in [0.1, 0.15) is 15.9 Å². The van der Waals surface area contributed by atoms with Crippen LogP contribution in [0.5, 0.6) is 0 Å². The summed E-state index contributed by atoms with van der Waals surface area (Å²) < 4.78 is 12.1. The van der Waals surface area contributed by atoms with Gasteiger partial charge in [0.1, 0.15) is 0 Å². The first-order chi connectivity index (χ1) is 9.06. The van der Waals surface area contributed by atoms with Gasteiger partial charge in [0.25, 0.3) is 0 Å². The quantitative estimate of drug-likeness (QED) is 0.806. The van der Waals surface area contributed by atoms with Crippen molar-refractivity contribution in [1.29, 1.82) is 0 Å². The Balaban J connectivity index is 2.13. The van der Waals surface area contributed by atoms with Gasteiger partial charge in [-0.2, -0.15) is 0 Å². The molecule has 0 saturated carbocycles. The molecule has 0 radical (unpaired) electrons. The Morgan fingerprint density at radius 1 is 1.16 bits per heavy atom. The highest BCUT2D eigenvalue weighted by atomic mass is 35.5. The van der Waals surface area contributed by atoms with Crippen LogP contribution in [0.4, 0.5) is 0 Å². The van der Waals surface area contributed by atoms with E-state index in [1.165, 1.54) is 0 Å². The van der Waals surface area contributed by atoms with Crippen LogP contribution >= 0.6 is 11.6 Å².